The van der Waals surface area contributed by atoms with E-state index in [2.05, 4.69) is 10.2 Å². The van der Waals surface area contributed by atoms with Gasteiger partial charge in [0.05, 0.1) is 6.61 Å². The summed E-state index contributed by atoms with van der Waals surface area (Å²) in [5.74, 6) is -0.339. The van der Waals surface area contributed by atoms with Gasteiger partial charge in [0.1, 0.15) is 5.56 Å². The van der Waals surface area contributed by atoms with Crippen LogP contribution >= 0.6 is 0 Å². The number of carbonyl (C=O) groups excluding carboxylic acids is 1. The van der Waals surface area contributed by atoms with Crippen molar-refractivity contribution in [3.8, 4) is 0 Å². The predicted molar refractivity (Wildman–Crippen MR) is 80.3 cm³/mol. The lowest BCUT2D eigenvalue weighted by atomic mass is 10.0. The fourth-order valence-corrected chi connectivity index (χ4v) is 2.74. The summed E-state index contributed by atoms with van der Waals surface area (Å²) in [6.45, 7) is 2.29. The first-order valence-corrected chi connectivity index (χ1v) is 7.42. The second kappa shape index (κ2) is 7.38. The van der Waals surface area contributed by atoms with Crippen LogP contribution in [0.2, 0.25) is 0 Å². The van der Waals surface area contributed by atoms with Crippen LogP contribution in [0.3, 0.4) is 0 Å². The van der Waals surface area contributed by atoms with Gasteiger partial charge in [0.2, 0.25) is 0 Å². The number of likely N-dealkylation sites (tertiary alicyclic amines) is 1. The van der Waals surface area contributed by atoms with Gasteiger partial charge in [0.25, 0.3) is 11.5 Å². The molecule has 1 fully saturated rings. The van der Waals surface area contributed by atoms with E-state index in [1.807, 2.05) is 0 Å². The van der Waals surface area contributed by atoms with Gasteiger partial charge in [0, 0.05) is 32.4 Å². The van der Waals surface area contributed by atoms with E-state index in [1.54, 1.807) is 19.3 Å². The minimum atomic E-state index is -0.339. The SMILES string of the molecule is Cn1cccc(C(=O)NCCN2CCCCC2CO)c1=O. The molecule has 0 saturated carbocycles. The molecule has 1 saturated heterocycles. The lowest BCUT2D eigenvalue weighted by molar-refractivity contribution is 0.0848. The standard InChI is InChI=1S/C15H23N3O3/c1-17-8-4-6-13(15(17)21)14(20)16-7-10-18-9-3-2-5-12(18)11-19/h4,6,8,12,19H,2-3,5,7,9-11H2,1H3,(H,16,20). The molecule has 6 heteroatoms. The molecule has 0 spiro atoms. The summed E-state index contributed by atoms with van der Waals surface area (Å²) in [7, 11) is 1.62. The Hall–Kier alpha value is -1.66. The number of aliphatic hydroxyl groups is 1. The van der Waals surface area contributed by atoms with Crippen molar-refractivity contribution in [1.82, 2.24) is 14.8 Å². The minimum Gasteiger partial charge on any atom is -0.395 e. The molecule has 2 heterocycles. The Morgan fingerprint density at radius 1 is 1.48 bits per heavy atom. The van der Waals surface area contributed by atoms with Crippen LogP contribution in [0.25, 0.3) is 0 Å². The monoisotopic (exact) mass is 293 g/mol. The number of rotatable bonds is 5. The summed E-state index contributed by atoms with van der Waals surface area (Å²) in [5.41, 5.74) is -0.126. The van der Waals surface area contributed by atoms with E-state index in [-0.39, 0.29) is 29.7 Å². The zero-order valence-electron chi connectivity index (χ0n) is 12.4. The van der Waals surface area contributed by atoms with Crippen LogP contribution in [-0.2, 0) is 7.05 Å². The highest BCUT2D eigenvalue weighted by molar-refractivity contribution is 5.93. The van der Waals surface area contributed by atoms with E-state index in [1.165, 1.54) is 10.6 Å². The van der Waals surface area contributed by atoms with Crippen molar-refractivity contribution in [2.45, 2.75) is 25.3 Å². The molecule has 1 amide bonds. The molecule has 2 N–H and O–H groups in total. The van der Waals surface area contributed by atoms with Crippen molar-refractivity contribution in [1.29, 1.82) is 0 Å². The van der Waals surface area contributed by atoms with Gasteiger partial charge in [-0.2, -0.15) is 0 Å². The van der Waals surface area contributed by atoms with E-state index >= 15 is 0 Å². The molecule has 0 aromatic carbocycles. The first kappa shape index (κ1) is 15.7. The number of hydrogen-bond donors (Lipinski definition) is 2. The summed E-state index contributed by atoms with van der Waals surface area (Å²) in [4.78, 5) is 26.1. The third kappa shape index (κ3) is 3.92. The second-order valence-electron chi connectivity index (χ2n) is 5.46. The maximum atomic E-state index is 12.0. The van der Waals surface area contributed by atoms with Crippen LogP contribution in [0.15, 0.2) is 23.1 Å². The fourth-order valence-electron chi connectivity index (χ4n) is 2.74. The predicted octanol–water partition coefficient (Wildman–Crippen LogP) is -0.0381. The first-order valence-electron chi connectivity index (χ1n) is 7.42. The van der Waals surface area contributed by atoms with Gasteiger partial charge in [-0.15, -0.1) is 0 Å². The number of aromatic nitrogens is 1. The minimum absolute atomic E-state index is 0.160. The Balaban J connectivity index is 1.87. The molecule has 1 aromatic heterocycles. The van der Waals surface area contributed by atoms with Crippen LogP contribution in [-0.4, -0.2) is 52.8 Å². The highest BCUT2D eigenvalue weighted by Crippen LogP contribution is 2.15. The van der Waals surface area contributed by atoms with E-state index in [0.717, 1.165) is 25.8 Å². The molecule has 1 aliphatic heterocycles. The summed E-state index contributed by atoms with van der Waals surface area (Å²) in [6, 6.07) is 3.41. The molecular formula is C15H23N3O3. The first-order chi connectivity index (χ1) is 10.1. The fraction of sp³-hybridized carbons (Fsp3) is 0.600. The van der Waals surface area contributed by atoms with Gasteiger partial charge in [0.15, 0.2) is 0 Å². The largest absolute Gasteiger partial charge is 0.395 e. The van der Waals surface area contributed by atoms with E-state index in [4.69, 9.17) is 0 Å². The molecule has 1 aromatic rings. The zero-order valence-corrected chi connectivity index (χ0v) is 12.4. The lowest BCUT2D eigenvalue weighted by Crippen LogP contribution is -2.45. The number of piperidine rings is 1. The molecule has 0 bridgehead atoms. The van der Waals surface area contributed by atoms with Gasteiger partial charge in [-0.1, -0.05) is 6.42 Å². The smallest absolute Gasteiger partial charge is 0.263 e. The highest BCUT2D eigenvalue weighted by Gasteiger charge is 2.21. The van der Waals surface area contributed by atoms with Crippen molar-refractivity contribution in [2.24, 2.45) is 7.05 Å². The molecule has 1 aliphatic rings. The third-order valence-corrected chi connectivity index (χ3v) is 4.01. The van der Waals surface area contributed by atoms with Crippen LogP contribution in [0, 0.1) is 0 Å². The van der Waals surface area contributed by atoms with Crippen molar-refractivity contribution in [2.75, 3.05) is 26.2 Å². The summed E-state index contributed by atoms with van der Waals surface area (Å²) >= 11 is 0. The molecule has 116 valence electrons. The van der Waals surface area contributed by atoms with Crippen molar-refractivity contribution in [3.63, 3.8) is 0 Å². The zero-order chi connectivity index (χ0) is 15.2. The van der Waals surface area contributed by atoms with E-state index in [0.29, 0.717) is 13.1 Å². The molecular weight excluding hydrogens is 270 g/mol. The topological polar surface area (TPSA) is 74.6 Å². The van der Waals surface area contributed by atoms with Crippen molar-refractivity contribution >= 4 is 5.91 Å². The molecule has 2 rings (SSSR count). The van der Waals surface area contributed by atoms with Gasteiger partial charge < -0.3 is 15.0 Å². The van der Waals surface area contributed by atoms with E-state index in [9.17, 15) is 14.7 Å². The number of nitrogens with zero attached hydrogens (tertiary/aromatic N) is 2. The summed E-state index contributed by atoms with van der Waals surface area (Å²) < 4.78 is 1.39. The number of nitrogens with one attached hydrogen (secondary N) is 1. The molecule has 0 aliphatic carbocycles. The molecule has 0 radical (unpaired) electrons. The number of hydrogen-bond acceptors (Lipinski definition) is 4. The Morgan fingerprint density at radius 3 is 3.05 bits per heavy atom. The highest BCUT2D eigenvalue weighted by atomic mass is 16.3. The van der Waals surface area contributed by atoms with Gasteiger partial charge in [-0.05, 0) is 31.5 Å². The van der Waals surface area contributed by atoms with Crippen LogP contribution in [0.1, 0.15) is 29.6 Å². The number of carbonyl (C=O) groups is 1. The van der Waals surface area contributed by atoms with E-state index < -0.39 is 0 Å². The summed E-state index contributed by atoms with van der Waals surface area (Å²) in [5, 5.41) is 12.1. The van der Waals surface area contributed by atoms with Crippen LogP contribution < -0.4 is 10.9 Å². The Labute approximate surface area is 124 Å². The molecule has 1 atom stereocenters. The van der Waals surface area contributed by atoms with Crippen LogP contribution in [0.5, 0.6) is 0 Å². The lowest BCUT2D eigenvalue weighted by Gasteiger charge is -2.34. The quantitative estimate of drug-likeness (QED) is 0.799. The number of aliphatic hydroxyl groups excluding tert-OH is 1. The average molecular weight is 293 g/mol. The van der Waals surface area contributed by atoms with Gasteiger partial charge in [-0.3, -0.25) is 14.5 Å². The Morgan fingerprint density at radius 2 is 2.29 bits per heavy atom. The number of pyridine rings is 1. The van der Waals surface area contributed by atoms with Crippen molar-refractivity contribution < 1.29 is 9.90 Å². The number of amides is 1. The molecule has 1 unspecified atom stereocenters. The average Bonchev–Trinajstić information content (AvgIpc) is 2.50. The maximum Gasteiger partial charge on any atom is 0.263 e. The maximum absolute atomic E-state index is 12.0. The number of aryl methyl sites for hydroxylation is 1. The van der Waals surface area contributed by atoms with Gasteiger partial charge in [-0.25, -0.2) is 0 Å². The second-order valence-corrected chi connectivity index (χ2v) is 5.46. The van der Waals surface area contributed by atoms with Crippen molar-refractivity contribution in [3.05, 3.63) is 34.2 Å². The summed E-state index contributed by atoms with van der Waals surface area (Å²) in [6.07, 6.45) is 4.90. The normalized spacial score (nSPS) is 19.4. The molecule has 6 nitrogen and oxygen atoms in total. The van der Waals surface area contributed by atoms with Crippen LogP contribution in [0.4, 0.5) is 0 Å². The molecule has 21 heavy (non-hydrogen) atoms. The Bertz CT molecular complexity index is 541. The van der Waals surface area contributed by atoms with Gasteiger partial charge >= 0.3 is 0 Å². The third-order valence-electron chi connectivity index (χ3n) is 4.01. The Kier molecular flexibility index (Phi) is 5.52.